The van der Waals surface area contributed by atoms with Crippen molar-refractivity contribution < 1.29 is 13.3 Å². The third kappa shape index (κ3) is 3.81. The molecular formula is C20H16N4O4S. The van der Waals surface area contributed by atoms with Gasteiger partial charge in [0.25, 0.3) is 5.69 Å². The van der Waals surface area contributed by atoms with E-state index in [0.29, 0.717) is 5.69 Å². The van der Waals surface area contributed by atoms with Crippen molar-refractivity contribution in [2.24, 2.45) is 0 Å². The van der Waals surface area contributed by atoms with E-state index < -0.39 is 14.9 Å². The quantitative estimate of drug-likeness (QED) is 0.287. The summed E-state index contributed by atoms with van der Waals surface area (Å²) >= 11 is 0. The van der Waals surface area contributed by atoms with Crippen LogP contribution in [0.4, 0.5) is 22.7 Å². The third-order valence-electron chi connectivity index (χ3n) is 4.35. The number of aromatic nitrogens is 1. The number of anilines is 3. The Morgan fingerprint density at radius 2 is 1.52 bits per heavy atom. The summed E-state index contributed by atoms with van der Waals surface area (Å²) in [6.07, 6.45) is 0.943. The summed E-state index contributed by atoms with van der Waals surface area (Å²) in [7, 11) is -3.65. The molecule has 146 valence electrons. The molecule has 0 saturated carbocycles. The molecule has 0 aliphatic heterocycles. The van der Waals surface area contributed by atoms with Gasteiger partial charge in [-0.15, -0.1) is 0 Å². The van der Waals surface area contributed by atoms with Crippen molar-refractivity contribution in [2.45, 2.75) is 0 Å². The van der Waals surface area contributed by atoms with Crippen LogP contribution in [-0.2, 0) is 10.0 Å². The van der Waals surface area contributed by atoms with Crippen LogP contribution in [0.3, 0.4) is 0 Å². The molecule has 0 atom stereocenters. The van der Waals surface area contributed by atoms with Crippen LogP contribution in [0.2, 0.25) is 0 Å². The summed E-state index contributed by atoms with van der Waals surface area (Å²) < 4.78 is 25.2. The van der Waals surface area contributed by atoms with Crippen LogP contribution in [0.15, 0.2) is 66.7 Å². The number of nitro benzene ring substituents is 1. The minimum Gasteiger partial charge on any atom is -0.354 e. The number of benzene rings is 3. The molecule has 0 bridgehead atoms. The van der Waals surface area contributed by atoms with E-state index in [1.54, 1.807) is 6.07 Å². The number of hydrogen-bond acceptors (Lipinski definition) is 6. The molecule has 2 N–H and O–H groups in total. The molecular weight excluding hydrogens is 392 g/mol. The second-order valence-electron chi connectivity index (χ2n) is 6.51. The van der Waals surface area contributed by atoms with E-state index in [9.17, 15) is 18.5 Å². The Labute approximate surface area is 166 Å². The van der Waals surface area contributed by atoms with Gasteiger partial charge in [0.15, 0.2) is 0 Å². The molecule has 0 aliphatic carbocycles. The molecule has 1 heterocycles. The number of para-hydroxylation sites is 2. The van der Waals surface area contributed by atoms with Crippen molar-refractivity contribution in [3.8, 4) is 0 Å². The Bertz CT molecular complexity index is 1320. The van der Waals surface area contributed by atoms with Gasteiger partial charge in [-0.2, -0.15) is 0 Å². The number of nitrogens with one attached hydrogen (secondary N) is 2. The van der Waals surface area contributed by atoms with Gasteiger partial charge in [0.05, 0.1) is 27.9 Å². The van der Waals surface area contributed by atoms with Crippen LogP contribution in [0.1, 0.15) is 0 Å². The zero-order chi connectivity index (χ0) is 20.6. The van der Waals surface area contributed by atoms with Crippen LogP contribution in [-0.4, -0.2) is 24.6 Å². The van der Waals surface area contributed by atoms with Gasteiger partial charge in [0.1, 0.15) is 5.69 Å². The van der Waals surface area contributed by atoms with Crippen molar-refractivity contribution in [3.63, 3.8) is 0 Å². The smallest absolute Gasteiger partial charge is 0.295 e. The molecule has 9 heteroatoms. The number of sulfonamides is 1. The zero-order valence-corrected chi connectivity index (χ0v) is 16.1. The fraction of sp³-hybridized carbons (Fsp3) is 0.0500. The highest BCUT2D eigenvalue weighted by Gasteiger charge is 2.18. The van der Waals surface area contributed by atoms with Crippen LogP contribution in [0.25, 0.3) is 21.8 Å². The minimum atomic E-state index is -3.65. The lowest BCUT2D eigenvalue weighted by molar-refractivity contribution is -0.383. The Morgan fingerprint density at radius 1 is 0.931 bits per heavy atom. The summed E-state index contributed by atoms with van der Waals surface area (Å²) in [4.78, 5) is 15.5. The number of hydrogen-bond donors (Lipinski definition) is 2. The highest BCUT2D eigenvalue weighted by atomic mass is 32.2. The fourth-order valence-corrected chi connectivity index (χ4v) is 3.74. The standard InChI is InChI=1S/C20H16N4O4S/c1-29(27,28)23-18-11-10-13(12-19(18)24(25)26)21-20-14-6-2-4-8-16(14)22-17-9-5-3-7-15(17)20/h2-12,23H,1H3,(H,21,22). The molecule has 1 aromatic heterocycles. The Hall–Kier alpha value is -3.72. The van der Waals surface area contributed by atoms with Gasteiger partial charge in [-0.3, -0.25) is 14.8 Å². The van der Waals surface area contributed by atoms with E-state index in [4.69, 9.17) is 0 Å². The number of nitrogens with zero attached hydrogens (tertiary/aromatic N) is 2. The lowest BCUT2D eigenvalue weighted by Gasteiger charge is -2.14. The van der Waals surface area contributed by atoms with Crippen molar-refractivity contribution in [1.82, 2.24) is 4.98 Å². The number of rotatable bonds is 5. The van der Waals surface area contributed by atoms with E-state index in [0.717, 1.165) is 33.7 Å². The summed E-state index contributed by atoms with van der Waals surface area (Å²) in [6, 6.07) is 19.5. The number of pyridine rings is 1. The highest BCUT2D eigenvalue weighted by molar-refractivity contribution is 7.92. The third-order valence-corrected chi connectivity index (χ3v) is 4.94. The molecule has 3 aromatic carbocycles. The molecule has 0 amide bonds. The fourth-order valence-electron chi connectivity index (χ4n) is 3.17. The van der Waals surface area contributed by atoms with E-state index in [1.165, 1.54) is 12.1 Å². The molecule has 4 rings (SSSR count). The maximum Gasteiger partial charge on any atom is 0.295 e. The number of fused-ring (bicyclic) bond motifs is 2. The van der Waals surface area contributed by atoms with Crippen LogP contribution >= 0.6 is 0 Å². The van der Waals surface area contributed by atoms with Crippen molar-refractivity contribution in [3.05, 3.63) is 76.8 Å². The molecule has 0 spiro atoms. The summed E-state index contributed by atoms with van der Waals surface area (Å²) in [5.74, 6) is 0. The van der Waals surface area contributed by atoms with Crippen molar-refractivity contribution in [1.29, 1.82) is 0 Å². The first-order valence-electron chi connectivity index (χ1n) is 8.62. The summed E-state index contributed by atoms with van der Waals surface area (Å²) in [5, 5.41) is 16.5. The molecule has 0 aliphatic rings. The van der Waals surface area contributed by atoms with Gasteiger partial charge >= 0.3 is 0 Å². The first-order valence-corrected chi connectivity index (χ1v) is 10.5. The normalized spacial score (nSPS) is 11.5. The molecule has 0 unspecified atom stereocenters. The largest absolute Gasteiger partial charge is 0.354 e. The first kappa shape index (κ1) is 18.6. The van der Waals surface area contributed by atoms with Gasteiger partial charge in [0, 0.05) is 22.5 Å². The van der Waals surface area contributed by atoms with E-state index in [2.05, 4.69) is 15.0 Å². The topological polar surface area (TPSA) is 114 Å². The summed E-state index contributed by atoms with van der Waals surface area (Å²) in [6.45, 7) is 0. The van der Waals surface area contributed by atoms with Gasteiger partial charge in [-0.25, -0.2) is 13.4 Å². The molecule has 0 saturated heterocycles. The lowest BCUT2D eigenvalue weighted by atomic mass is 10.1. The monoisotopic (exact) mass is 408 g/mol. The summed E-state index contributed by atoms with van der Waals surface area (Å²) in [5.41, 5.74) is 2.37. The Morgan fingerprint density at radius 3 is 2.07 bits per heavy atom. The van der Waals surface area contributed by atoms with Crippen LogP contribution in [0, 0.1) is 10.1 Å². The molecule has 0 fully saturated rings. The average molecular weight is 408 g/mol. The van der Waals surface area contributed by atoms with E-state index in [1.807, 2.05) is 48.5 Å². The average Bonchev–Trinajstić information content (AvgIpc) is 2.67. The second kappa shape index (κ2) is 7.02. The van der Waals surface area contributed by atoms with Crippen molar-refractivity contribution in [2.75, 3.05) is 16.3 Å². The number of nitro groups is 1. The molecule has 0 radical (unpaired) electrons. The maximum absolute atomic E-state index is 11.5. The van der Waals surface area contributed by atoms with Crippen LogP contribution < -0.4 is 10.0 Å². The first-order chi connectivity index (χ1) is 13.8. The van der Waals surface area contributed by atoms with Gasteiger partial charge in [0.2, 0.25) is 10.0 Å². The van der Waals surface area contributed by atoms with Crippen molar-refractivity contribution >= 4 is 54.6 Å². The Balaban J connectivity index is 1.86. The van der Waals surface area contributed by atoms with E-state index >= 15 is 0 Å². The van der Waals surface area contributed by atoms with Gasteiger partial charge in [-0.05, 0) is 24.3 Å². The molecule has 29 heavy (non-hydrogen) atoms. The second-order valence-corrected chi connectivity index (χ2v) is 8.26. The molecule has 4 aromatic rings. The lowest BCUT2D eigenvalue weighted by Crippen LogP contribution is -2.11. The highest BCUT2D eigenvalue weighted by Crippen LogP contribution is 2.35. The predicted octanol–water partition coefficient (Wildman–Crippen LogP) is 4.41. The van der Waals surface area contributed by atoms with Gasteiger partial charge in [-0.1, -0.05) is 36.4 Å². The minimum absolute atomic E-state index is 0.0903. The Kier molecular flexibility index (Phi) is 4.51. The predicted molar refractivity (Wildman–Crippen MR) is 114 cm³/mol. The zero-order valence-electron chi connectivity index (χ0n) is 15.3. The SMILES string of the molecule is CS(=O)(=O)Nc1ccc(Nc2c3ccccc3nc3ccccc23)cc1[N+](=O)[O-]. The maximum atomic E-state index is 11.5. The van der Waals surface area contributed by atoms with Crippen LogP contribution in [0.5, 0.6) is 0 Å². The van der Waals surface area contributed by atoms with Gasteiger partial charge < -0.3 is 5.32 Å². The van der Waals surface area contributed by atoms with E-state index in [-0.39, 0.29) is 11.4 Å². The molecule has 8 nitrogen and oxygen atoms in total.